The van der Waals surface area contributed by atoms with E-state index in [0.717, 1.165) is 24.5 Å². The standard InChI is InChI=1S/C18H20FNO4S/c1-12(2)11-24-14-6-4-5-13(9-14)18(21)20-17-10-15(25(3,22)23)7-8-16(17)19/h4-10,12H,11H2,1-3H3,(H,20,21). The molecule has 0 unspecified atom stereocenters. The number of sulfone groups is 1. The number of ether oxygens (including phenoxy) is 1. The van der Waals surface area contributed by atoms with Gasteiger partial charge in [0, 0.05) is 11.8 Å². The number of carbonyl (C=O) groups is 1. The lowest BCUT2D eigenvalue weighted by atomic mass is 10.2. The van der Waals surface area contributed by atoms with Crippen LogP contribution < -0.4 is 10.1 Å². The normalized spacial score (nSPS) is 11.4. The maximum Gasteiger partial charge on any atom is 0.255 e. The molecule has 0 heterocycles. The maximum atomic E-state index is 13.9. The second-order valence-corrected chi connectivity index (χ2v) is 8.12. The number of amides is 1. The van der Waals surface area contributed by atoms with Crippen LogP contribution in [0, 0.1) is 11.7 Å². The molecule has 2 rings (SSSR count). The maximum absolute atomic E-state index is 13.9. The molecule has 5 nitrogen and oxygen atoms in total. The van der Waals surface area contributed by atoms with Gasteiger partial charge in [-0.3, -0.25) is 4.79 Å². The Kier molecular flexibility index (Phi) is 5.79. The zero-order valence-corrected chi connectivity index (χ0v) is 15.1. The van der Waals surface area contributed by atoms with Crippen molar-refractivity contribution in [3.8, 4) is 5.75 Å². The molecule has 0 bridgehead atoms. The Morgan fingerprint density at radius 3 is 2.56 bits per heavy atom. The number of hydrogen-bond acceptors (Lipinski definition) is 4. The third-order valence-corrected chi connectivity index (χ3v) is 4.40. The second-order valence-electron chi connectivity index (χ2n) is 6.10. The van der Waals surface area contributed by atoms with E-state index in [9.17, 15) is 17.6 Å². The lowest BCUT2D eigenvalue weighted by molar-refractivity contribution is 0.102. The summed E-state index contributed by atoms with van der Waals surface area (Å²) in [5, 5.41) is 2.40. The van der Waals surface area contributed by atoms with Gasteiger partial charge in [0.05, 0.1) is 17.2 Å². The fraction of sp³-hybridized carbons (Fsp3) is 0.278. The van der Waals surface area contributed by atoms with E-state index in [4.69, 9.17) is 4.74 Å². The zero-order valence-electron chi connectivity index (χ0n) is 14.2. The highest BCUT2D eigenvalue weighted by molar-refractivity contribution is 7.90. The van der Waals surface area contributed by atoms with Gasteiger partial charge in [-0.15, -0.1) is 0 Å². The van der Waals surface area contributed by atoms with Crippen molar-refractivity contribution in [1.82, 2.24) is 0 Å². The summed E-state index contributed by atoms with van der Waals surface area (Å²) >= 11 is 0. The topological polar surface area (TPSA) is 72.5 Å². The van der Waals surface area contributed by atoms with Crippen LogP contribution >= 0.6 is 0 Å². The van der Waals surface area contributed by atoms with Gasteiger partial charge in [0.25, 0.3) is 5.91 Å². The molecule has 1 N–H and O–H groups in total. The van der Waals surface area contributed by atoms with E-state index in [1.165, 1.54) is 0 Å². The van der Waals surface area contributed by atoms with Crippen LogP contribution in [0.5, 0.6) is 5.75 Å². The summed E-state index contributed by atoms with van der Waals surface area (Å²) in [4.78, 5) is 12.3. The summed E-state index contributed by atoms with van der Waals surface area (Å²) in [6, 6.07) is 9.76. The minimum atomic E-state index is -3.50. The van der Waals surface area contributed by atoms with Crippen LogP contribution in [0.3, 0.4) is 0 Å². The summed E-state index contributed by atoms with van der Waals surface area (Å²) in [6.45, 7) is 4.53. The van der Waals surface area contributed by atoms with Gasteiger partial charge in [0.1, 0.15) is 11.6 Å². The molecular weight excluding hydrogens is 345 g/mol. The second kappa shape index (κ2) is 7.65. The van der Waals surface area contributed by atoms with E-state index in [0.29, 0.717) is 18.3 Å². The Morgan fingerprint density at radius 1 is 1.20 bits per heavy atom. The Hall–Kier alpha value is -2.41. The van der Waals surface area contributed by atoms with Crippen molar-refractivity contribution in [3.63, 3.8) is 0 Å². The Balaban J connectivity index is 2.21. The highest BCUT2D eigenvalue weighted by atomic mass is 32.2. The fourth-order valence-corrected chi connectivity index (χ4v) is 2.66. The van der Waals surface area contributed by atoms with Gasteiger partial charge in [0.2, 0.25) is 0 Å². The molecule has 1 amide bonds. The first kappa shape index (κ1) is 18.9. The van der Waals surface area contributed by atoms with Gasteiger partial charge in [0.15, 0.2) is 9.84 Å². The van der Waals surface area contributed by atoms with Crippen molar-refractivity contribution in [2.75, 3.05) is 18.2 Å². The van der Waals surface area contributed by atoms with E-state index in [1.54, 1.807) is 24.3 Å². The number of carbonyl (C=O) groups excluding carboxylic acids is 1. The van der Waals surface area contributed by atoms with Crippen LogP contribution in [0.15, 0.2) is 47.4 Å². The van der Waals surface area contributed by atoms with Crippen molar-refractivity contribution in [2.24, 2.45) is 5.92 Å². The van der Waals surface area contributed by atoms with Gasteiger partial charge >= 0.3 is 0 Å². The van der Waals surface area contributed by atoms with Crippen LogP contribution in [-0.4, -0.2) is 27.2 Å². The number of benzene rings is 2. The number of anilines is 1. The average molecular weight is 365 g/mol. The SMILES string of the molecule is CC(C)COc1cccc(C(=O)Nc2cc(S(C)(=O)=O)ccc2F)c1. The molecule has 25 heavy (non-hydrogen) atoms. The monoisotopic (exact) mass is 365 g/mol. The van der Waals surface area contributed by atoms with E-state index in [2.05, 4.69) is 5.32 Å². The number of hydrogen-bond donors (Lipinski definition) is 1. The summed E-state index contributed by atoms with van der Waals surface area (Å²) in [5.74, 6) is -0.399. The van der Waals surface area contributed by atoms with Crippen molar-refractivity contribution >= 4 is 21.4 Å². The third-order valence-electron chi connectivity index (χ3n) is 3.29. The first-order valence-electron chi connectivity index (χ1n) is 7.70. The molecule has 0 saturated carbocycles. The van der Waals surface area contributed by atoms with Gasteiger partial charge in [-0.05, 0) is 42.3 Å². The third kappa shape index (κ3) is 5.29. The quantitative estimate of drug-likeness (QED) is 0.795. The van der Waals surface area contributed by atoms with Crippen molar-refractivity contribution in [2.45, 2.75) is 18.7 Å². The molecular formula is C18H20FNO4S. The van der Waals surface area contributed by atoms with Crippen LogP contribution in [0.4, 0.5) is 10.1 Å². The number of nitrogens with one attached hydrogen (secondary N) is 1. The Bertz CT molecular complexity index is 878. The lowest BCUT2D eigenvalue weighted by Gasteiger charge is -2.11. The van der Waals surface area contributed by atoms with Gasteiger partial charge in [-0.2, -0.15) is 0 Å². The first-order valence-corrected chi connectivity index (χ1v) is 9.60. The van der Waals surface area contributed by atoms with Crippen molar-refractivity contribution in [1.29, 1.82) is 0 Å². The smallest absolute Gasteiger partial charge is 0.255 e. The first-order chi connectivity index (χ1) is 11.7. The van der Waals surface area contributed by atoms with Gasteiger partial charge < -0.3 is 10.1 Å². The van der Waals surface area contributed by atoms with Gasteiger partial charge in [-0.25, -0.2) is 12.8 Å². The van der Waals surface area contributed by atoms with Crippen LogP contribution in [-0.2, 0) is 9.84 Å². The van der Waals surface area contributed by atoms with E-state index >= 15 is 0 Å². The van der Waals surface area contributed by atoms with E-state index in [1.807, 2.05) is 13.8 Å². The summed E-state index contributed by atoms with van der Waals surface area (Å²) in [5.41, 5.74) is 0.0897. The predicted molar refractivity (Wildman–Crippen MR) is 94.2 cm³/mol. The molecule has 2 aromatic rings. The Morgan fingerprint density at radius 2 is 1.92 bits per heavy atom. The highest BCUT2D eigenvalue weighted by Crippen LogP contribution is 2.21. The molecule has 0 spiro atoms. The van der Waals surface area contributed by atoms with Crippen LogP contribution in [0.2, 0.25) is 0 Å². The highest BCUT2D eigenvalue weighted by Gasteiger charge is 2.14. The molecule has 0 aromatic heterocycles. The molecule has 0 atom stereocenters. The van der Waals surface area contributed by atoms with E-state index < -0.39 is 21.6 Å². The molecule has 0 aliphatic heterocycles. The minimum absolute atomic E-state index is 0.0711. The molecule has 2 aromatic carbocycles. The van der Waals surface area contributed by atoms with Crippen LogP contribution in [0.25, 0.3) is 0 Å². The molecule has 0 aliphatic rings. The van der Waals surface area contributed by atoms with Gasteiger partial charge in [-0.1, -0.05) is 19.9 Å². The minimum Gasteiger partial charge on any atom is -0.493 e. The average Bonchev–Trinajstić information content (AvgIpc) is 2.54. The zero-order chi connectivity index (χ0) is 18.6. The van der Waals surface area contributed by atoms with Crippen molar-refractivity contribution in [3.05, 3.63) is 53.8 Å². The summed E-state index contributed by atoms with van der Waals surface area (Å²) < 4.78 is 42.6. The summed E-state index contributed by atoms with van der Waals surface area (Å²) in [6.07, 6.45) is 1.02. The van der Waals surface area contributed by atoms with E-state index in [-0.39, 0.29) is 16.1 Å². The Labute approximate surface area is 146 Å². The molecule has 134 valence electrons. The molecule has 0 fully saturated rings. The predicted octanol–water partition coefficient (Wildman–Crippen LogP) is 3.52. The largest absolute Gasteiger partial charge is 0.493 e. The van der Waals surface area contributed by atoms with Crippen LogP contribution in [0.1, 0.15) is 24.2 Å². The molecule has 0 saturated heterocycles. The molecule has 0 radical (unpaired) electrons. The molecule has 0 aliphatic carbocycles. The lowest BCUT2D eigenvalue weighted by Crippen LogP contribution is -2.14. The fourth-order valence-electron chi connectivity index (χ4n) is 2.02. The van der Waals surface area contributed by atoms with Crippen molar-refractivity contribution < 1.29 is 22.3 Å². The number of halogens is 1. The molecule has 7 heteroatoms. The summed E-state index contributed by atoms with van der Waals surface area (Å²) in [7, 11) is -3.50. The number of rotatable bonds is 6.